The molecule has 4 heteroatoms. The zero-order chi connectivity index (χ0) is 14.4. The van der Waals surface area contributed by atoms with E-state index < -0.39 is 0 Å². The van der Waals surface area contributed by atoms with E-state index in [2.05, 4.69) is 33.1 Å². The van der Waals surface area contributed by atoms with Crippen molar-refractivity contribution in [3.8, 4) is 0 Å². The number of rotatable bonds is 6. The van der Waals surface area contributed by atoms with Crippen molar-refractivity contribution in [2.45, 2.75) is 32.2 Å². The highest BCUT2D eigenvalue weighted by atomic mass is 79.9. The van der Waals surface area contributed by atoms with Gasteiger partial charge >= 0.3 is 0 Å². The Morgan fingerprint density at radius 3 is 2.70 bits per heavy atom. The molecule has 0 atom stereocenters. The molecule has 1 aromatic carbocycles. The minimum Gasteiger partial charge on any atom is -0.317 e. The number of ketones is 1. The molecular formula is C16H23BrN2O. The lowest BCUT2D eigenvalue weighted by molar-refractivity contribution is 0.0864. The first-order valence-corrected chi connectivity index (χ1v) is 8.24. The lowest BCUT2D eigenvalue weighted by Crippen LogP contribution is -2.45. The molecule has 0 aromatic heterocycles. The number of hydrogen-bond donors (Lipinski definition) is 1. The van der Waals surface area contributed by atoms with E-state index in [1.807, 2.05) is 24.3 Å². The first kappa shape index (κ1) is 15.7. The summed E-state index contributed by atoms with van der Waals surface area (Å²) in [6.07, 6.45) is 3.37. The summed E-state index contributed by atoms with van der Waals surface area (Å²) in [7, 11) is 0. The second-order valence-electron chi connectivity index (χ2n) is 5.35. The topological polar surface area (TPSA) is 32.3 Å². The minimum absolute atomic E-state index is 0.212. The molecule has 0 amide bonds. The largest absolute Gasteiger partial charge is 0.317 e. The highest BCUT2D eigenvalue weighted by molar-refractivity contribution is 9.10. The van der Waals surface area contributed by atoms with Crippen LogP contribution in [-0.4, -0.2) is 42.9 Å². The van der Waals surface area contributed by atoms with Gasteiger partial charge in [-0.2, -0.15) is 0 Å². The molecule has 1 heterocycles. The molecule has 0 saturated carbocycles. The third kappa shape index (κ3) is 4.14. The molecule has 110 valence electrons. The molecule has 0 aliphatic carbocycles. The molecule has 1 fully saturated rings. The van der Waals surface area contributed by atoms with Crippen LogP contribution in [0.5, 0.6) is 0 Å². The van der Waals surface area contributed by atoms with Gasteiger partial charge in [-0.05, 0) is 45.0 Å². The third-order valence-electron chi connectivity index (χ3n) is 3.86. The van der Waals surface area contributed by atoms with E-state index in [0.717, 1.165) is 48.9 Å². The summed E-state index contributed by atoms with van der Waals surface area (Å²) in [5.74, 6) is 0.212. The summed E-state index contributed by atoms with van der Waals surface area (Å²) in [6, 6.07) is 8.24. The van der Waals surface area contributed by atoms with E-state index in [4.69, 9.17) is 0 Å². The fourth-order valence-electron chi connectivity index (χ4n) is 2.81. The van der Waals surface area contributed by atoms with Crippen LogP contribution in [0, 0.1) is 0 Å². The Labute approximate surface area is 129 Å². The van der Waals surface area contributed by atoms with Crippen LogP contribution in [0.2, 0.25) is 0 Å². The Bertz CT molecular complexity index is 444. The maximum absolute atomic E-state index is 12.5. The van der Waals surface area contributed by atoms with E-state index in [-0.39, 0.29) is 5.78 Å². The van der Waals surface area contributed by atoms with Crippen LogP contribution in [0.1, 0.15) is 36.5 Å². The van der Waals surface area contributed by atoms with Crippen LogP contribution >= 0.6 is 15.9 Å². The maximum Gasteiger partial charge on any atom is 0.177 e. The highest BCUT2D eigenvalue weighted by Crippen LogP contribution is 2.19. The zero-order valence-corrected chi connectivity index (χ0v) is 13.7. The van der Waals surface area contributed by atoms with E-state index in [1.165, 1.54) is 0 Å². The molecule has 1 aromatic rings. The monoisotopic (exact) mass is 338 g/mol. The van der Waals surface area contributed by atoms with Crippen molar-refractivity contribution in [1.29, 1.82) is 0 Å². The summed E-state index contributed by atoms with van der Waals surface area (Å²) in [4.78, 5) is 14.9. The molecule has 1 aliphatic heterocycles. The average molecular weight is 339 g/mol. The number of Topliss-reactive ketones (excluding diaryl/α,β-unsaturated/α-hetero) is 1. The van der Waals surface area contributed by atoms with Gasteiger partial charge in [0.25, 0.3) is 0 Å². The van der Waals surface area contributed by atoms with E-state index in [9.17, 15) is 4.79 Å². The summed E-state index contributed by atoms with van der Waals surface area (Å²) in [6.45, 7) is 5.83. The van der Waals surface area contributed by atoms with Crippen LogP contribution in [0.15, 0.2) is 28.7 Å². The lowest BCUT2D eigenvalue weighted by Gasteiger charge is -2.34. The lowest BCUT2D eigenvalue weighted by atomic mass is 10.0. The second-order valence-corrected chi connectivity index (χ2v) is 6.21. The van der Waals surface area contributed by atoms with Gasteiger partial charge in [-0.15, -0.1) is 0 Å². The number of nitrogens with one attached hydrogen (secondary N) is 1. The van der Waals surface area contributed by atoms with Gasteiger partial charge < -0.3 is 5.32 Å². The predicted molar refractivity (Wildman–Crippen MR) is 86.2 cm³/mol. The summed E-state index contributed by atoms with van der Waals surface area (Å²) in [5, 5.41) is 3.39. The first-order chi connectivity index (χ1) is 9.72. The van der Waals surface area contributed by atoms with Crippen LogP contribution < -0.4 is 5.32 Å². The van der Waals surface area contributed by atoms with Gasteiger partial charge in [-0.1, -0.05) is 41.1 Å². The molecule has 0 bridgehead atoms. The smallest absolute Gasteiger partial charge is 0.177 e. The minimum atomic E-state index is 0.212. The van der Waals surface area contributed by atoms with Crippen molar-refractivity contribution in [2.75, 3.05) is 26.2 Å². The summed E-state index contributed by atoms with van der Waals surface area (Å²) >= 11 is 3.47. The Morgan fingerprint density at radius 1 is 1.35 bits per heavy atom. The molecule has 1 saturated heterocycles. The van der Waals surface area contributed by atoms with Gasteiger partial charge in [0.2, 0.25) is 0 Å². The number of piperidine rings is 1. The SMILES string of the molecule is CCCN(CC(=O)c1ccccc1Br)C1CCNCC1. The number of carbonyl (C=O) groups excluding carboxylic acids is 1. The van der Waals surface area contributed by atoms with E-state index in [0.29, 0.717) is 12.6 Å². The quantitative estimate of drug-likeness (QED) is 0.809. The zero-order valence-electron chi connectivity index (χ0n) is 12.1. The van der Waals surface area contributed by atoms with Crippen molar-refractivity contribution in [2.24, 2.45) is 0 Å². The number of halogens is 1. The number of nitrogens with zero attached hydrogens (tertiary/aromatic N) is 1. The molecule has 1 aliphatic rings. The molecule has 0 radical (unpaired) electrons. The van der Waals surface area contributed by atoms with Crippen molar-refractivity contribution in [3.05, 3.63) is 34.3 Å². The molecule has 0 unspecified atom stereocenters. The molecule has 3 nitrogen and oxygen atoms in total. The molecular weight excluding hydrogens is 316 g/mol. The van der Waals surface area contributed by atoms with Gasteiger partial charge in [0.1, 0.15) is 0 Å². The number of hydrogen-bond acceptors (Lipinski definition) is 3. The Morgan fingerprint density at radius 2 is 2.05 bits per heavy atom. The van der Waals surface area contributed by atoms with E-state index >= 15 is 0 Å². The van der Waals surface area contributed by atoms with Crippen molar-refractivity contribution >= 4 is 21.7 Å². The van der Waals surface area contributed by atoms with Gasteiger partial charge in [-0.3, -0.25) is 9.69 Å². The molecule has 20 heavy (non-hydrogen) atoms. The fourth-order valence-corrected chi connectivity index (χ4v) is 3.31. The van der Waals surface area contributed by atoms with Gasteiger partial charge in [0.15, 0.2) is 5.78 Å². The average Bonchev–Trinajstić information content (AvgIpc) is 2.48. The summed E-state index contributed by atoms with van der Waals surface area (Å²) in [5.41, 5.74) is 0.794. The van der Waals surface area contributed by atoms with E-state index in [1.54, 1.807) is 0 Å². The Hall–Kier alpha value is -0.710. The number of carbonyl (C=O) groups is 1. The first-order valence-electron chi connectivity index (χ1n) is 7.45. The Balaban J connectivity index is 2.03. The van der Waals surface area contributed by atoms with Crippen LogP contribution in [0.25, 0.3) is 0 Å². The van der Waals surface area contributed by atoms with Gasteiger partial charge in [0, 0.05) is 16.1 Å². The predicted octanol–water partition coefficient (Wildman–Crippen LogP) is 3.10. The highest BCUT2D eigenvalue weighted by Gasteiger charge is 2.23. The van der Waals surface area contributed by atoms with Crippen LogP contribution in [-0.2, 0) is 0 Å². The standard InChI is InChI=1S/C16H23BrN2O/c1-2-11-19(13-7-9-18-10-8-13)12-16(20)14-5-3-4-6-15(14)17/h3-6,13,18H,2,7-12H2,1H3. The van der Waals surface area contributed by atoms with Crippen molar-refractivity contribution in [1.82, 2.24) is 10.2 Å². The fraction of sp³-hybridized carbons (Fsp3) is 0.562. The maximum atomic E-state index is 12.5. The molecule has 0 spiro atoms. The molecule has 2 rings (SSSR count). The normalized spacial score (nSPS) is 16.6. The van der Waals surface area contributed by atoms with Gasteiger partial charge in [-0.25, -0.2) is 0 Å². The van der Waals surface area contributed by atoms with Gasteiger partial charge in [0.05, 0.1) is 6.54 Å². The number of benzene rings is 1. The van der Waals surface area contributed by atoms with Crippen LogP contribution in [0.3, 0.4) is 0 Å². The Kier molecular flexibility index (Phi) is 6.20. The third-order valence-corrected chi connectivity index (χ3v) is 4.55. The second kappa shape index (κ2) is 7.91. The van der Waals surface area contributed by atoms with Crippen molar-refractivity contribution in [3.63, 3.8) is 0 Å². The van der Waals surface area contributed by atoms with Crippen molar-refractivity contribution < 1.29 is 4.79 Å². The van der Waals surface area contributed by atoms with Crippen LogP contribution in [0.4, 0.5) is 0 Å². The molecule has 1 N–H and O–H groups in total. The summed E-state index contributed by atoms with van der Waals surface area (Å²) < 4.78 is 0.895.